The third-order valence-corrected chi connectivity index (χ3v) is 4.55. The maximum atomic E-state index is 12.4. The largest absolute Gasteiger partial charge is 0.490 e. The minimum atomic E-state index is -5.08. The highest BCUT2D eigenvalue weighted by atomic mass is 19.4. The molecule has 3 heterocycles. The number of carbonyl (C=O) groups excluding carboxylic acids is 1. The topological polar surface area (TPSA) is 101 Å². The Labute approximate surface area is 171 Å². The van der Waals surface area contributed by atoms with Gasteiger partial charge in [0.25, 0.3) is 5.91 Å². The van der Waals surface area contributed by atoms with Gasteiger partial charge in [0.2, 0.25) is 0 Å². The second-order valence-electron chi connectivity index (χ2n) is 6.93. The maximum Gasteiger partial charge on any atom is 0.490 e. The highest BCUT2D eigenvalue weighted by Gasteiger charge is 2.38. The van der Waals surface area contributed by atoms with Gasteiger partial charge in [0.05, 0.1) is 18.8 Å². The molecule has 1 aliphatic rings. The van der Waals surface area contributed by atoms with Crippen molar-refractivity contribution >= 4 is 11.9 Å². The van der Waals surface area contributed by atoms with Crippen molar-refractivity contribution in [1.29, 1.82) is 0 Å². The molecule has 2 aromatic heterocycles. The van der Waals surface area contributed by atoms with Crippen LogP contribution in [-0.4, -0.2) is 50.9 Å². The van der Waals surface area contributed by atoms with Crippen molar-refractivity contribution < 1.29 is 32.3 Å². The molecule has 1 fully saturated rings. The van der Waals surface area contributed by atoms with Crippen molar-refractivity contribution in [1.82, 2.24) is 20.0 Å². The number of hydrogen-bond acceptors (Lipinski definition) is 5. The molecule has 1 unspecified atom stereocenters. The van der Waals surface area contributed by atoms with Crippen molar-refractivity contribution in [3.63, 3.8) is 0 Å². The van der Waals surface area contributed by atoms with Gasteiger partial charge >= 0.3 is 12.1 Å². The molecule has 30 heavy (non-hydrogen) atoms. The second kappa shape index (κ2) is 10.3. The first-order chi connectivity index (χ1) is 14.1. The molecule has 0 radical (unpaired) electrons. The number of aryl methyl sites for hydroxylation is 1. The number of furan rings is 1. The standard InChI is InChI=1S/C17H24N4O2.C2HF3O2/c1-3-15(13-10-18-20(2)11-13)19-17(22)16-7-6-14(23-16)12-21-8-4-5-9-21;3-2(4,5)1(6)7/h6-7,10-11,15H,3-5,8-9,12H2,1-2H3,(H,19,22);(H,6,7). The molecule has 2 N–H and O–H groups in total. The maximum absolute atomic E-state index is 12.4. The van der Waals surface area contributed by atoms with E-state index in [-0.39, 0.29) is 11.9 Å². The number of hydrogen-bond donors (Lipinski definition) is 2. The lowest BCUT2D eigenvalue weighted by Gasteiger charge is -2.14. The number of likely N-dealkylation sites (tertiary alicyclic amines) is 1. The minimum Gasteiger partial charge on any atom is -0.475 e. The van der Waals surface area contributed by atoms with Gasteiger partial charge in [-0.15, -0.1) is 0 Å². The fourth-order valence-electron chi connectivity index (χ4n) is 3.02. The number of nitrogens with one attached hydrogen (secondary N) is 1. The van der Waals surface area contributed by atoms with Gasteiger partial charge in [0.15, 0.2) is 5.76 Å². The van der Waals surface area contributed by atoms with Crippen molar-refractivity contribution in [2.24, 2.45) is 7.05 Å². The summed E-state index contributed by atoms with van der Waals surface area (Å²) < 4.78 is 39.2. The van der Waals surface area contributed by atoms with Crippen LogP contribution in [-0.2, 0) is 18.4 Å². The lowest BCUT2D eigenvalue weighted by molar-refractivity contribution is -0.192. The monoisotopic (exact) mass is 430 g/mol. The molecule has 1 amide bonds. The number of alkyl halides is 3. The van der Waals surface area contributed by atoms with E-state index in [0.29, 0.717) is 5.76 Å². The van der Waals surface area contributed by atoms with Crippen LogP contribution in [0.25, 0.3) is 0 Å². The Balaban J connectivity index is 0.000000396. The van der Waals surface area contributed by atoms with E-state index in [9.17, 15) is 18.0 Å². The first-order valence-electron chi connectivity index (χ1n) is 9.50. The van der Waals surface area contributed by atoms with Crippen LogP contribution < -0.4 is 5.32 Å². The van der Waals surface area contributed by atoms with Gasteiger partial charge in [-0.25, -0.2) is 4.79 Å². The van der Waals surface area contributed by atoms with Crippen LogP contribution in [0, 0.1) is 0 Å². The molecule has 0 aromatic carbocycles. The first-order valence-corrected chi connectivity index (χ1v) is 9.50. The number of aromatic nitrogens is 2. The molecule has 3 rings (SSSR count). The van der Waals surface area contributed by atoms with Crippen LogP contribution in [0.15, 0.2) is 28.9 Å². The minimum absolute atomic E-state index is 0.0525. The Hall–Kier alpha value is -2.82. The molecule has 0 saturated carbocycles. The molecule has 0 aliphatic carbocycles. The van der Waals surface area contributed by atoms with Crippen LogP contribution in [0.2, 0.25) is 0 Å². The average molecular weight is 430 g/mol. The molecular formula is C19H25F3N4O4. The van der Waals surface area contributed by atoms with Crippen molar-refractivity contribution in [3.05, 3.63) is 41.6 Å². The Bertz CT molecular complexity index is 841. The second-order valence-corrected chi connectivity index (χ2v) is 6.93. The molecule has 166 valence electrons. The van der Waals surface area contributed by atoms with Gasteiger partial charge in [-0.2, -0.15) is 18.3 Å². The van der Waals surface area contributed by atoms with Gasteiger partial charge in [0.1, 0.15) is 5.76 Å². The summed E-state index contributed by atoms with van der Waals surface area (Å²) in [4.78, 5) is 23.6. The molecule has 1 saturated heterocycles. The predicted molar refractivity (Wildman–Crippen MR) is 101 cm³/mol. The summed E-state index contributed by atoms with van der Waals surface area (Å²) in [6.45, 7) is 5.05. The van der Waals surface area contributed by atoms with Gasteiger partial charge < -0.3 is 14.8 Å². The summed E-state index contributed by atoms with van der Waals surface area (Å²) in [6, 6.07) is 3.61. The van der Waals surface area contributed by atoms with Gasteiger partial charge in [0, 0.05) is 18.8 Å². The zero-order valence-corrected chi connectivity index (χ0v) is 16.8. The summed E-state index contributed by atoms with van der Waals surface area (Å²) in [7, 11) is 1.87. The molecule has 1 atom stereocenters. The van der Waals surface area contributed by atoms with Crippen molar-refractivity contribution in [2.45, 2.75) is 44.9 Å². The fourth-order valence-corrected chi connectivity index (χ4v) is 3.02. The van der Waals surface area contributed by atoms with E-state index < -0.39 is 12.1 Å². The molecular weight excluding hydrogens is 405 g/mol. The Morgan fingerprint density at radius 1 is 1.30 bits per heavy atom. The third-order valence-electron chi connectivity index (χ3n) is 4.55. The number of nitrogens with zero attached hydrogens (tertiary/aromatic N) is 3. The van der Waals surface area contributed by atoms with Gasteiger partial charge in [-0.05, 0) is 44.5 Å². The summed E-state index contributed by atoms with van der Waals surface area (Å²) in [5, 5.41) is 14.3. The van der Waals surface area contributed by atoms with Crippen molar-refractivity contribution in [3.8, 4) is 0 Å². The number of carboxylic acids is 1. The van der Waals surface area contributed by atoms with Crippen LogP contribution in [0.1, 0.15) is 54.1 Å². The molecule has 1 aliphatic heterocycles. The number of carbonyl (C=O) groups is 2. The molecule has 0 spiro atoms. The molecule has 11 heteroatoms. The molecule has 0 bridgehead atoms. The normalized spacial score (nSPS) is 15.4. The smallest absolute Gasteiger partial charge is 0.475 e. The van der Waals surface area contributed by atoms with E-state index in [1.54, 1.807) is 16.9 Å². The van der Waals surface area contributed by atoms with E-state index in [4.69, 9.17) is 14.3 Å². The molecule has 2 aromatic rings. The van der Waals surface area contributed by atoms with Crippen LogP contribution in [0.4, 0.5) is 13.2 Å². The number of halogens is 3. The first kappa shape index (κ1) is 23.5. The number of amides is 1. The number of aliphatic carboxylic acids is 1. The SMILES string of the molecule is CCC(NC(=O)c1ccc(CN2CCCC2)o1)c1cnn(C)c1.O=C(O)C(F)(F)F. The quantitative estimate of drug-likeness (QED) is 0.730. The highest BCUT2D eigenvalue weighted by Crippen LogP contribution is 2.18. The Kier molecular flexibility index (Phi) is 8.04. The number of rotatable bonds is 6. The van der Waals surface area contributed by atoms with Gasteiger partial charge in [-0.1, -0.05) is 6.92 Å². The Morgan fingerprint density at radius 3 is 2.43 bits per heavy atom. The van der Waals surface area contributed by atoms with E-state index >= 15 is 0 Å². The van der Waals surface area contributed by atoms with E-state index in [1.165, 1.54) is 12.8 Å². The van der Waals surface area contributed by atoms with Crippen LogP contribution in [0.3, 0.4) is 0 Å². The van der Waals surface area contributed by atoms with E-state index in [0.717, 1.165) is 37.4 Å². The van der Waals surface area contributed by atoms with E-state index in [2.05, 4.69) is 15.3 Å². The summed E-state index contributed by atoms with van der Waals surface area (Å²) >= 11 is 0. The average Bonchev–Trinajstić information content (AvgIpc) is 3.42. The fraction of sp³-hybridized carbons (Fsp3) is 0.526. The molecule has 8 nitrogen and oxygen atoms in total. The summed E-state index contributed by atoms with van der Waals surface area (Å²) in [5.74, 6) is -1.70. The van der Waals surface area contributed by atoms with E-state index in [1.807, 2.05) is 26.2 Å². The zero-order chi connectivity index (χ0) is 22.3. The Morgan fingerprint density at radius 2 is 1.93 bits per heavy atom. The van der Waals surface area contributed by atoms with Gasteiger partial charge in [-0.3, -0.25) is 14.4 Å². The lowest BCUT2D eigenvalue weighted by atomic mass is 10.1. The van der Waals surface area contributed by atoms with Crippen LogP contribution in [0.5, 0.6) is 0 Å². The number of carboxylic acid groups (broad SMARTS) is 1. The predicted octanol–water partition coefficient (Wildman–Crippen LogP) is 3.12. The zero-order valence-electron chi connectivity index (χ0n) is 16.8. The van der Waals surface area contributed by atoms with Crippen LogP contribution >= 0.6 is 0 Å². The highest BCUT2D eigenvalue weighted by molar-refractivity contribution is 5.91. The lowest BCUT2D eigenvalue weighted by Crippen LogP contribution is -2.27. The third kappa shape index (κ3) is 6.90. The summed E-state index contributed by atoms with van der Waals surface area (Å²) in [5.41, 5.74) is 1.01. The summed E-state index contributed by atoms with van der Waals surface area (Å²) in [6.07, 6.45) is 1.93. The van der Waals surface area contributed by atoms with Crippen molar-refractivity contribution in [2.75, 3.05) is 13.1 Å².